The summed E-state index contributed by atoms with van der Waals surface area (Å²) in [6.45, 7) is 4.12. The maximum Gasteiger partial charge on any atom is 0.127 e. The lowest BCUT2D eigenvalue weighted by Crippen LogP contribution is -2.07. The van der Waals surface area contributed by atoms with Crippen LogP contribution in [-0.4, -0.2) is 23.2 Å². The molecule has 2 nitrogen and oxygen atoms in total. The average molecular weight is 280 g/mol. The van der Waals surface area contributed by atoms with E-state index in [1.807, 2.05) is 17.8 Å². The number of aryl methyl sites for hydroxylation is 1. The molecule has 0 saturated heterocycles. The number of hydrogen-bond donors (Lipinski definition) is 1. The number of hydrogen-bond acceptors (Lipinski definition) is 3. The summed E-state index contributed by atoms with van der Waals surface area (Å²) in [5.74, 6) is 1.61. The van der Waals surface area contributed by atoms with Crippen molar-refractivity contribution in [2.75, 3.05) is 12.9 Å². The molecule has 0 spiro atoms. The predicted molar refractivity (Wildman–Crippen MR) is 82.1 cm³/mol. The first-order chi connectivity index (χ1) is 9.13. The Hall–Kier alpha value is -0.670. The van der Waals surface area contributed by atoms with Crippen molar-refractivity contribution in [1.29, 1.82) is 0 Å². The monoisotopic (exact) mass is 280 g/mol. The summed E-state index contributed by atoms with van der Waals surface area (Å²) in [4.78, 5) is 0. The van der Waals surface area contributed by atoms with Gasteiger partial charge in [0.25, 0.3) is 0 Å². The third kappa shape index (κ3) is 3.46. The number of benzene rings is 1. The van der Waals surface area contributed by atoms with E-state index in [1.165, 1.54) is 31.2 Å². The molecular weight excluding hydrogens is 256 g/mol. The Labute approximate surface area is 120 Å². The van der Waals surface area contributed by atoms with E-state index in [0.29, 0.717) is 0 Å². The molecule has 3 heteroatoms. The van der Waals surface area contributed by atoms with Crippen molar-refractivity contribution < 1.29 is 9.84 Å². The summed E-state index contributed by atoms with van der Waals surface area (Å²) in [7, 11) is 1.68. The van der Waals surface area contributed by atoms with Crippen LogP contribution >= 0.6 is 11.8 Å². The standard InChI is InChI=1S/C16H24O2S/c1-11-8-9-14(16(18-3)12(11)2)15(17)10-19-13-6-4-5-7-13/h8-9,13,15,17H,4-7,10H2,1-3H3. The van der Waals surface area contributed by atoms with Crippen molar-refractivity contribution in [3.05, 3.63) is 28.8 Å². The van der Waals surface area contributed by atoms with Crippen molar-refractivity contribution in [2.24, 2.45) is 0 Å². The Morgan fingerprint density at radius 1 is 1.32 bits per heavy atom. The number of rotatable bonds is 5. The minimum Gasteiger partial charge on any atom is -0.496 e. The van der Waals surface area contributed by atoms with Crippen LogP contribution in [0.2, 0.25) is 0 Å². The predicted octanol–water partition coefficient (Wildman–Crippen LogP) is 4.02. The van der Waals surface area contributed by atoms with E-state index < -0.39 is 6.10 Å². The fourth-order valence-corrected chi connectivity index (χ4v) is 4.02. The molecule has 0 aliphatic heterocycles. The number of thioether (sulfide) groups is 1. The van der Waals surface area contributed by atoms with Gasteiger partial charge in [-0.05, 0) is 37.8 Å². The fourth-order valence-electron chi connectivity index (χ4n) is 2.72. The number of methoxy groups -OCH3 is 1. The van der Waals surface area contributed by atoms with Crippen molar-refractivity contribution in [3.63, 3.8) is 0 Å². The maximum atomic E-state index is 10.4. The molecule has 1 unspecified atom stereocenters. The highest BCUT2D eigenvalue weighted by molar-refractivity contribution is 7.99. The fraction of sp³-hybridized carbons (Fsp3) is 0.625. The molecule has 0 radical (unpaired) electrons. The molecule has 1 aromatic rings. The summed E-state index contributed by atoms with van der Waals surface area (Å²) in [6.07, 6.45) is 4.88. The van der Waals surface area contributed by atoms with Crippen LogP contribution < -0.4 is 4.74 Å². The van der Waals surface area contributed by atoms with Crippen LogP contribution in [0, 0.1) is 13.8 Å². The molecule has 1 saturated carbocycles. The van der Waals surface area contributed by atoms with Crippen molar-refractivity contribution in [2.45, 2.75) is 50.9 Å². The first kappa shape index (κ1) is 14.7. The van der Waals surface area contributed by atoms with Gasteiger partial charge < -0.3 is 9.84 Å². The maximum absolute atomic E-state index is 10.4. The molecule has 1 aromatic carbocycles. The zero-order chi connectivity index (χ0) is 13.8. The molecule has 106 valence electrons. The number of aliphatic hydroxyl groups is 1. The van der Waals surface area contributed by atoms with Crippen LogP contribution in [0.25, 0.3) is 0 Å². The number of ether oxygens (including phenoxy) is 1. The first-order valence-corrected chi connectivity index (χ1v) is 8.12. The third-order valence-electron chi connectivity index (χ3n) is 4.06. The van der Waals surface area contributed by atoms with Crippen LogP contribution in [0.4, 0.5) is 0 Å². The summed E-state index contributed by atoms with van der Waals surface area (Å²) in [6, 6.07) is 4.07. The van der Waals surface area contributed by atoms with Gasteiger partial charge in [0, 0.05) is 16.6 Å². The molecule has 0 amide bonds. The van der Waals surface area contributed by atoms with Gasteiger partial charge in [-0.15, -0.1) is 0 Å². The molecule has 19 heavy (non-hydrogen) atoms. The molecule has 1 aliphatic carbocycles. The van der Waals surface area contributed by atoms with E-state index in [0.717, 1.165) is 27.9 Å². The average Bonchev–Trinajstić information content (AvgIpc) is 2.92. The van der Waals surface area contributed by atoms with Crippen molar-refractivity contribution in [3.8, 4) is 5.75 Å². The summed E-state index contributed by atoms with van der Waals surface area (Å²) < 4.78 is 5.48. The molecule has 0 heterocycles. The van der Waals surface area contributed by atoms with E-state index >= 15 is 0 Å². The van der Waals surface area contributed by atoms with Gasteiger partial charge in [0.2, 0.25) is 0 Å². The summed E-state index contributed by atoms with van der Waals surface area (Å²) in [5.41, 5.74) is 3.26. The Kier molecular flexibility index (Phi) is 5.17. The van der Waals surface area contributed by atoms with Crippen LogP contribution in [0.15, 0.2) is 12.1 Å². The van der Waals surface area contributed by atoms with E-state index in [1.54, 1.807) is 7.11 Å². The third-order valence-corrected chi connectivity index (χ3v) is 5.51. The van der Waals surface area contributed by atoms with Gasteiger partial charge in [0.15, 0.2) is 0 Å². The molecule has 0 aromatic heterocycles. The highest BCUT2D eigenvalue weighted by Crippen LogP contribution is 2.35. The normalized spacial score (nSPS) is 17.7. The van der Waals surface area contributed by atoms with Crippen LogP contribution in [0.3, 0.4) is 0 Å². The quantitative estimate of drug-likeness (QED) is 0.883. The molecule has 0 bridgehead atoms. The van der Waals surface area contributed by atoms with Gasteiger partial charge in [-0.2, -0.15) is 11.8 Å². The second kappa shape index (κ2) is 6.67. The van der Waals surface area contributed by atoms with Gasteiger partial charge in [0.05, 0.1) is 13.2 Å². The molecule has 1 N–H and O–H groups in total. The Balaban J connectivity index is 2.05. The summed E-state index contributed by atoms with van der Waals surface area (Å²) in [5, 5.41) is 11.2. The van der Waals surface area contributed by atoms with Gasteiger partial charge in [0.1, 0.15) is 5.75 Å². The minimum absolute atomic E-state index is 0.431. The highest BCUT2D eigenvalue weighted by atomic mass is 32.2. The lowest BCUT2D eigenvalue weighted by atomic mass is 10.0. The molecule has 1 aliphatic rings. The minimum atomic E-state index is -0.431. The smallest absolute Gasteiger partial charge is 0.127 e. The van der Waals surface area contributed by atoms with Crippen LogP contribution in [0.5, 0.6) is 5.75 Å². The lowest BCUT2D eigenvalue weighted by molar-refractivity contribution is 0.198. The Bertz CT molecular complexity index is 425. The van der Waals surface area contributed by atoms with E-state index in [4.69, 9.17) is 4.74 Å². The first-order valence-electron chi connectivity index (χ1n) is 7.07. The lowest BCUT2D eigenvalue weighted by Gasteiger charge is -2.19. The topological polar surface area (TPSA) is 29.5 Å². The van der Waals surface area contributed by atoms with E-state index in [9.17, 15) is 5.11 Å². The Morgan fingerprint density at radius 2 is 2.00 bits per heavy atom. The zero-order valence-corrected chi connectivity index (χ0v) is 12.9. The SMILES string of the molecule is COc1c(C(O)CSC2CCCC2)ccc(C)c1C. The van der Waals surface area contributed by atoms with Gasteiger partial charge >= 0.3 is 0 Å². The Morgan fingerprint density at radius 3 is 2.63 bits per heavy atom. The second-order valence-electron chi connectivity index (χ2n) is 5.39. The molecule has 2 rings (SSSR count). The van der Waals surface area contributed by atoms with Gasteiger partial charge in [-0.25, -0.2) is 0 Å². The van der Waals surface area contributed by atoms with Crippen molar-refractivity contribution in [1.82, 2.24) is 0 Å². The molecular formula is C16H24O2S. The largest absolute Gasteiger partial charge is 0.496 e. The second-order valence-corrected chi connectivity index (χ2v) is 6.72. The van der Waals surface area contributed by atoms with E-state index in [-0.39, 0.29) is 0 Å². The zero-order valence-electron chi connectivity index (χ0n) is 12.1. The highest BCUT2D eigenvalue weighted by Gasteiger charge is 2.20. The van der Waals surface area contributed by atoms with Gasteiger partial charge in [-0.1, -0.05) is 25.0 Å². The van der Waals surface area contributed by atoms with Crippen molar-refractivity contribution >= 4 is 11.8 Å². The summed E-state index contributed by atoms with van der Waals surface area (Å²) >= 11 is 1.91. The number of aliphatic hydroxyl groups excluding tert-OH is 1. The molecule has 1 fully saturated rings. The van der Waals surface area contributed by atoms with Crippen LogP contribution in [0.1, 0.15) is 48.5 Å². The van der Waals surface area contributed by atoms with E-state index in [2.05, 4.69) is 19.9 Å². The molecule has 1 atom stereocenters. The van der Waals surface area contributed by atoms with Crippen LogP contribution in [-0.2, 0) is 0 Å². The van der Waals surface area contributed by atoms with Gasteiger partial charge in [-0.3, -0.25) is 0 Å².